The van der Waals surface area contributed by atoms with Gasteiger partial charge >= 0.3 is 6.09 Å². The number of carbonyl (C=O) groups excluding carboxylic acids is 3. The van der Waals surface area contributed by atoms with E-state index in [-0.39, 0.29) is 12.3 Å². The van der Waals surface area contributed by atoms with Crippen LogP contribution in [-0.4, -0.2) is 59.1 Å². The van der Waals surface area contributed by atoms with E-state index in [0.717, 1.165) is 16.5 Å². The SMILES string of the molecule is CN(C)C(=O)C(C)(C)NC(=O)C(Cc1c[nH]c2ccccc12)NC(=O)OC(C)(C)C. The summed E-state index contributed by atoms with van der Waals surface area (Å²) in [6.07, 6.45) is 1.36. The van der Waals surface area contributed by atoms with E-state index < -0.39 is 29.2 Å². The van der Waals surface area contributed by atoms with Crippen molar-refractivity contribution in [2.24, 2.45) is 0 Å². The number of H-pyrrole nitrogens is 1. The molecule has 0 aliphatic heterocycles. The second-order valence-corrected chi connectivity index (χ2v) is 9.08. The molecule has 2 aromatic rings. The van der Waals surface area contributed by atoms with Gasteiger partial charge in [-0.1, -0.05) is 18.2 Å². The molecule has 1 aromatic heterocycles. The fraction of sp³-hybridized carbons (Fsp3) is 0.500. The van der Waals surface area contributed by atoms with Crippen molar-refractivity contribution in [3.8, 4) is 0 Å². The number of aromatic amines is 1. The summed E-state index contributed by atoms with van der Waals surface area (Å²) < 4.78 is 5.33. The molecule has 3 amide bonds. The van der Waals surface area contributed by atoms with Gasteiger partial charge in [-0.3, -0.25) is 9.59 Å². The summed E-state index contributed by atoms with van der Waals surface area (Å²) in [4.78, 5) is 42.5. The maximum Gasteiger partial charge on any atom is 0.408 e. The predicted octanol–water partition coefficient (Wildman–Crippen LogP) is 2.59. The first-order valence-electron chi connectivity index (χ1n) is 9.88. The molecule has 1 heterocycles. The van der Waals surface area contributed by atoms with Crippen molar-refractivity contribution in [3.05, 3.63) is 36.0 Å². The van der Waals surface area contributed by atoms with E-state index in [9.17, 15) is 14.4 Å². The first-order valence-corrected chi connectivity index (χ1v) is 9.88. The van der Waals surface area contributed by atoms with Crippen molar-refractivity contribution in [2.45, 2.75) is 58.2 Å². The summed E-state index contributed by atoms with van der Waals surface area (Å²) in [5, 5.41) is 6.37. The molecule has 0 bridgehead atoms. The molecule has 0 aliphatic carbocycles. The number of amides is 3. The molecule has 2 rings (SSSR count). The average Bonchev–Trinajstić information content (AvgIpc) is 3.01. The number of likely N-dealkylation sites (N-methyl/N-ethyl adjacent to an activating group) is 1. The number of hydrogen-bond acceptors (Lipinski definition) is 4. The Hall–Kier alpha value is -3.03. The van der Waals surface area contributed by atoms with Gasteiger partial charge in [0.1, 0.15) is 17.2 Å². The first-order chi connectivity index (χ1) is 13.8. The third-order valence-electron chi connectivity index (χ3n) is 4.48. The number of nitrogens with one attached hydrogen (secondary N) is 3. The molecule has 0 saturated carbocycles. The number of rotatable bonds is 6. The maximum atomic E-state index is 13.1. The number of fused-ring (bicyclic) bond motifs is 1. The molecule has 8 nitrogen and oxygen atoms in total. The second-order valence-electron chi connectivity index (χ2n) is 9.08. The van der Waals surface area contributed by atoms with Gasteiger partial charge in [0.05, 0.1) is 0 Å². The Labute approximate surface area is 177 Å². The minimum atomic E-state index is -1.13. The van der Waals surface area contributed by atoms with Crippen LogP contribution in [-0.2, 0) is 20.7 Å². The topological polar surface area (TPSA) is 104 Å². The van der Waals surface area contributed by atoms with Gasteiger partial charge in [-0.2, -0.15) is 0 Å². The number of aromatic nitrogens is 1. The van der Waals surface area contributed by atoms with E-state index in [2.05, 4.69) is 15.6 Å². The third-order valence-corrected chi connectivity index (χ3v) is 4.48. The largest absolute Gasteiger partial charge is 0.444 e. The third kappa shape index (κ3) is 5.98. The highest BCUT2D eigenvalue weighted by atomic mass is 16.6. The zero-order valence-corrected chi connectivity index (χ0v) is 18.8. The van der Waals surface area contributed by atoms with E-state index >= 15 is 0 Å². The zero-order chi connectivity index (χ0) is 22.7. The number of carbonyl (C=O) groups is 3. The Morgan fingerprint density at radius 1 is 1.10 bits per heavy atom. The summed E-state index contributed by atoms with van der Waals surface area (Å²) in [7, 11) is 3.25. The van der Waals surface area contributed by atoms with Gasteiger partial charge in [-0.15, -0.1) is 0 Å². The molecule has 0 saturated heterocycles. The number of benzene rings is 1. The fourth-order valence-corrected chi connectivity index (χ4v) is 3.19. The Morgan fingerprint density at radius 3 is 2.33 bits per heavy atom. The molecule has 8 heteroatoms. The molecular weight excluding hydrogens is 384 g/mol. The van der Waals surface area contributed by atoms with Crippen LogP contribution in [0.15, 0.2) is 30.5 Å². The van der Waals surface area contributed by atoms with Gasteiger partial charge in [-0.05, 0) is 46.2 Å². The molecule has 3 N–H and O–H groups in total. The van der Waals surface area contributed by atoms with Crippen LogP contribution in [0.1, 0.15) is 40.2 Å². The van der Waals surface area contributed by atoms with Gasteiger partial charge < -0.3 is 25.3 Å². The highest BCUT2D eigenvalue weighted by Gasteiger charge is 2.34. The summed E-state index contributed by atoms with van der Waals surface area (Å²) >= 11 is 0. The van der Waals surface area contributed by atoms with Crippen LogP contribution in [0.3, 0.4) is 0 Å². The Balaban J connectivity index is 2.27. The maximum absolute atomic E-state index is 13.1. The predicted molar refractivity (Wildman–Crippen MR) is 116 cm³/mol. The van der Waals surface area contributed by atoms with Crippen molar-refractivity contribution in [1.29, 1.82) is 0 Å². The lowest BCUT2D eigenvalue weighted by molar-refractivity contribution is -0.138. The molecule has 1 atom stereocenters. The van der Waals surface area contributed by atoms with Crippen molar-refractivity contribution in [1.82, 2.24) is 20.5 Å². The molecule has 0 radical (unpaired) electrons. The van der Waals surface area contributed by atoms with E-state index in [1.807, 2.05) is 30.5 Å². The number of hydrogen-bond donors (Lipinski definition) is 3. The van der Waals surface area contributed by atoms with E-state index in [4.69, 9.17) is 4.74 Å². The summed E-state index contributed by atoms with van der Waals surface area (Å²) in [5.74, 6) is -0.717. The van der Waals surface area contributed by atoms with Crippen molar-refractivity contribution in [3.63, 3.8) is 0 Å². The Morgan fingerprint density at radius 2 is 1.73 bits per heavy atom. The van der Waals surface area contributed by atoms with Crippen molar-refractivity contribution in [2.75, 3.05) is 14.1 Å². The van der Waals surface area contributed by atoms with Gasteiger partial charge in [-0.25, -0.2) is 4.79 Å². The van der Waals surface area contributed by atoms with Crippen LogP contribution < -0.4 is 10.6 Å². The molecule has 0 fully saturated rings. The van der Waals surface area contributed by atoms with Crippen LogP contribution in [0.2, 0.25) is 0 Å². The summed E-state index contributed by atoms with van der Waals surface area (Å²) in [6, 6.07) is 6.79. The Bertz CT molecular complexity index is 925. The van der Waals surface area contributed by atoms with E-state index in [1.165, 1.54) is 4.90 Å². The number of para-hydroxylation sites is 1. The lowest BCUT2D eigenvalue weighted by Gasteiger charge is -2.30. The van der Waals surface area contributed by atoms with Crippen molar-refractivity contribution < 1.29 is 19.1 Å². The first kappa shape index (κ1) is 23.3. The molecule has 1 unspecified atom stereocenters. The molecule has 164 valence electrons. The molecule has 0 aliphatic rings. The van der Waals surface area contributed by atoms with Crippen molar-refractivity contribution >= 4 is 28.8 Å². The van der Waals surface area contributed by atoms with Gasteiger partial charge in [0, 0.05) is 37.6 Å². The lowest BCUT2D eigenvalue weighted by Crippen LogP contribution is -2.59. The monoisotopic (exact) mass is 416 g/mol. The average molecular weight is 417 g/mol. The van der Waals surface area contributed by atoms with Crippen LogP contribution in [0.25, 0.3) is 10.9 Å². The summed E-state index contributed by atoms with van der Waals surface area (Å²) in [5.41, 5.74) is -0.0219. The van der Waals surface area contributed by atoms with E-state index in [1.54, 1.807) is 48.7 Å². The highest BCUT2D eigenvalue weighted by Crippen LogP contribution is 2.20. The standard InChI is InChI=1S/C22H32N4O4/c1-21(2,3)30-20(29)24-17(18(27)25-22(4,5)19(28)26(6)7)12-14-13-23-16-11-9-8-10-15(14)16/h8-11,13,17,23H,12H2,1-7H3,(H,24,29)(H,25,27). The van der Waals surface area contributed by atoms with Gasteiger partial charge in [0.15, 0.2) is 0 Å². The quantitative estimate of drug-likeness (QED) is 0.673. The highest BCUT2D eigenvalue weighted by molar-refractivity contribution is 5.94. The lowest BCUT2D eigenvalue weighted by atomic mass is 10.0. The van der Waals surface area contributed by atoms with Crippen LogP contribution in [0.4, 0.5) is 4.79 Å². The second kappa shape index (κ2) is 8.77. The van der Waals surface area contributed by atoms with E-state index in [0.29, 0.717) is 0 Å². The minimum Gasteiger partial charge on any atom is -0.444 e. The minimum absolute atomic E-state index is 0.237. The number of alkyl carbamates (subject to hydrolysis) is 1. The van der Waals surface area contributed by atoms with Crippen LogP contribution in [0.5, 0.6) is 0 Å². The van der Waals surface area contributed by atoms with Crippen LogP contribution in [0, 0.1) is 0 Å². The molecular formula is C22H32N4O4. The normalized spacial score (nSPS) is 12.9. The van der Waals surface area contributed by atoms with Gasteiger partial charge in [0.2, 0.25) is 11.8 Å². The number of ether oxygens (including phenoxy) is 1. The fourth-order valence-electron chi connectivity index (χ4n) is 3.19. The number of nitrogens with zero attached hydrogens (tertiary/aromatic N) is 1. The Kier molecular flexibility index (Phi) is 6.80. The zero-order valence-electron chi connectivity index (χ0n) is 18.8. The summed E-state index contributed by atoms with van der Waals surface area (Å²) in [6.45, 7) is 8.51. The molecule has 0 spiro atoms. The molecule has 1 aromatic carbocycles. The molecule has 30 heavy (non-hydrogen) atoms. The van der Waals surface area contributed by atoms with Gasteiger partial charge in [0.25, 0.3) is 0 Å². The van der Waals surface area contributed by atoms with Crippen LogP contribution >= 0.6 is 0 Å². The smallest absolute Gasteiger partial charge is 0.408 e.